The van der Waals surface area contributed by atoms with Gasteiger partial charge in [-0.2, -0.15) is 5.26 Å². The number of carbonyl (C=O) groups excluding carboxylic acids is 1. The van der Waals surface area contributed by atoms with E-state index in [4.69, 9.17) is 11.0 Å². The largest absolute Gasteiger partial charge is 0.381 e. The lowest BCUT2D eigenvalue weighted by Gasteiger charge is -2.09. The first-order chi connectivity index (χ1) is 9.20. The molecule has 0 fully saturated rings. The van der Waals surface area contributed by atoms with Crippen molar-refractivity contribution in [1.82, 2.24) is 0 Å². The molecule has 4 heteroatoms. The lowest BCUT2D eigenvalue weighted by Crippen LogP contribution is -2.15. The maximum absolute atomic E-state index is 11.3. The van der Waals surface area contributed by atoms with E-state index in [-0.39, 0.29) is 0 Å². The second-order valence-electron chi connectivity index (χ2n) is 4.06. The Morgan fingerprint density at radius 2 is 1.84 bits per heavy atom. The van der Waals surface area contributed by atoms with Crippen LogP contribution in [0.3, 0.4) is 0 Å². The number of carbonyl (C=O) groups is 1. The first kappa shape index (κ1) is 12.7. The summed E-state index contributed by atoms with van der Waals surface area (Å²) in [6, 6.07) is 16.4. The summed E-state index contributed by atoms with van der Waals surface area (Å²) in [6.45, 7) is 0.505. The summed E-state index contributed by atoms with van der Waals surface area (Å²) in [5.41, 5.74) is 8.18. The number of primary amides is 1. The van der Waals surface area contributed by atoms with Gasteiger partial charge in [0.05, 0.1) is 11.6 Å². The Labute approximate surface area is 111 Å². The normalized spacial score (nSPS) is 9.63. The van der Waals surface area contributed by atoms with Crippen LogP contribution in [0.4, 0.5) is 5.69 Å². The number of benzene rings is 2. The van der Waals surface area contributed by atoms with Gasteiger partial charge in [-0.05, 0) is 35.9 Å². The van der Waals surface area contributed by atoms with Crippen LogP contribution < -0.4 is 11.1 Å². The summed E-state index contributed by atoms with van der Waals surface area (Å²) in [5.74, 6) is -0.433. The molecule has 0 aromatic heterocycles. The summed E-state index contributed by atoms with van der Waals surface area (Å²) >= 11 is 0. The zero-order valence-electron chi connectivity index (χ0n) is 10.3. The van der Waals surface area contributed by atoms with Crippen LogP contribution in [0.15, 0.2) is 48.5 Å². The number of anilines is 1. The second-order valence-corrected chi connectivity index (χ2v) is 4.06. The Morgan fingerprint density at radius 1 is 1.16 bits per heavy atom. The van der Waals surface area contributed by atoms with Gasteiger partial charge >= 0.3 is 0 Å². The highest BCUT2D eigenvalue weighted by molar-refractivity contribution is 5.94. The minimum Gasteiger partial charge on any atom is -0.381 e. The predicted molar refractivity (Wildman–Crippen MR) is 73.4 cm³/mol. The third kappa shape index (κ3) is 3.11. The summed E-state index contributed by atoms with van der Waals surface area (Å²) in [5, 5.41) is 11.9. The molecule has 3 N–H and O–H groups in total. The van der Waals surface area contributed by atoms with Gasteiger partial charge in [0, 0.05) is 17.8 Å². The first-order valence-corrected chi connectivity index (χ1v) is 5.82. The molecule has 2 rings (SSSR count). The predicted octanol–water partition coefficient (Wildman–Crippen LogP) is 2.27. The number of amides is 1. The fraction of sp³-hybridized carbons (Fsp3) is 0.0667. The van der Waals surface area contributed by atoms with Crippen molar-refractivity contribution in [1.29, 1.82) is 5.26 Å². The van der Waals surface area contributed by atoms with Crippen molar-refractivity contribution in [2.24, 2.45) is 5.73 Å². The van der Waals surface area contributed by atoms with E-state index in [0.717, 1.165) is 11.3 Å². The molecule has 0 atom stereocenters. The van der Waals surface area contributed by atoms with E-state index in [9.17, 15) is 4.79 Å². The molecule has 94 valence electrons. The molecular formula is C15H13N3O. The van der Waals surface area contributed by atoms with Crippen LogP contribution in [0.2, 0.25) is 0 Å². The Morgan fingerprint density at radius 3 is 2.47 bits per heavy atom. The number of nitriles is 1. The van der Waals surface area contributed by atoms with Gasteiger partial charge < -0.3 is 11.1 Å². The highest BCUT2D eigenvalue weighted by Crippen LogP contribution is 2.13. The van der Waals surface area contributed by atoms with Gasteiger partial charge in [0.2, 0.25) is 5.91 Å². The average Bonchev–Trinajstić information content (AvgIpc) is 2.46. The quantitative estimate of drug-likeness (QED) is 0.874. The number of nitrogens with zero attached hydrogens (tertiary/aromatic N) is 1. The fourth-order valence-electron chi connectivity index (χ4n) is 1.77. The molecule has 2 aromatic carbocycles. The molecule has 1 amide bonds. The maximum Gasteiger partial charge on any atom is 0.249 e. The Hall–Kier alpha value is -2.80. The van der Waals surface area contributed by atoms with Gasteiger partial charge in [-0.1, -0.05) is 18.2 Å². The van der Waals surface area contributed by atoms with Crippen LogP contribution in [-0.2, 0) is 6.54 Å². The zero-order chi connectivity index (χ0) is 13.7. The van der Waals surface area contributed by atoms with Crippen molar-refractivity contribution in [3.63, 3.8) is 0 Å². The van der Waals surface area contributed by atoms with Crippen LogP contribution in [0, 0.1) is 11.3 Å². The molecule has 0 aliphatic carbocycles. The number of nitrogens with one attached hydrogen (secondary N) is 1. The monoisotopic (exact) mass is 251 g/mol. The molecule has 19 heavy (non-hydrogen) atoms. The molecule has 2 aromatic rings. The van der Waals surface area contributed by atoms with E-state index in [1.807, 2.05) is 24.3 Å². The Balaban J connectivity index is 2.10. The zero-order valence-corrected chi connectivity index (χ0v) is 10.3. The molecule has 0 heterocycles. The van der Waals surface area contributed by atoms with Crippen LogP contribution >= 0.6 is 0 Å². The second kappa shape index (κ2) is 5.69. The molecule has 4 nitrogen and oxygen atoms in total. The van der Waals surface area contributed by atoms with E-state index in [0.29, 0.717) is 17.7 Å². The summed E-state index contributed by atoms with van der Waals surface area (Å²) < 4.78 is 0. The summed E-state index contributed by atoms with van der Waals surface area (Å²) in [4.78, 5) is 11.3. The Kier molecular flexibility index (Phi) is 3.79. The number of hydrogen-bond acceptors (Lipinski definition) is 3. The molecule has 0 unspecified atom stereocenters. The highest BCUT2D eigenvalue weighted by Gasteiger charge is 2.06. The highest BCUT2D eigenvalue weighted by atomic mass is 16.1. The smallest absolute Gasteiger partial charge is 0.249 e. The van der Waals surface area contributed by atoms with Crippen LogP contribution in [0.25, 0.3) is 0 Å². The van der Waals surface area contributed by atoms with E-state index in [1.54, 1.807) is 24.3 Å². The molecule has 0 radical (unpaired) electrons. The van der Waals surface area contributed by atoms with E-state index in [2.05, 4.69) is 11.4 Å². The molecule has 0 spiro atoms. The van der Waals surface area contributed by atoms with Crippen molar-refractivity contribution in [3.05, 3.63) is 65.2 Å². The van der Waals surface area contributed by atoms with E-state index < -0.39 is 5.91 Å². The van der Waals surface area contributed by atoms with Gasteiger partial charge in [-0.3, -0.25) is 4.79 Å². The third-order valence-electron chi connectivity index (χ3n) is 2.78. The molecule has 0 aliphatic rings. The summed E-state index contributed by atoms with van der Waals surface area (Å²) in [6.07, 6.45) is 0. The van der Waals surface area contributed by atoms with Gasteiger partial charge in [-0.25, -0.2) is 0 Å². The van der Waals surface area contributed by atoms with Crippen molar-refractivity contribution >= 4 is 11.6 Å². The van der Waals surface area contributed by atoms with E-state index >= 15 is 0 Å². The number of nitrogens with two attached hydrogens (primary N) is 1. The van der Waals surface area contributed by atoms with Gasteiger partial charge in [0.25, 0.3) is 0 Å². The van der Waals surface area contributed by atoms with Gasteiger partial charge in [0.15, 0.2) is 0 Å². The molecule has 0 aliphatic heterocycles. The summed E-state index contributed by atoms with van der Waals surface area (Å²) in [7, 11) is 0. The first-order valence-electron chi connectivity index (χ1n) is 5.82. The lowest BCUT2D eigenvalue weighted by molar-refractivity contribution is 0.0999. The third-order valence-corrected chi connectivity index (χ3v) is 2.78. The van der Waals surface area contributed by atoms with Crippen LogP contribution in [-0.4, -0.2) is 5.91 Å². The van der Waals surface area contributed by atoms with Crippen LogP contribution in [0.5, 0.6) is 0 Å². The van der Waals surface area contributed by atoms with Crippen molar-refractivity contribution in [2.75, 3.05) is 5.32 Å². The van der Waals surface area contributed by atoms with Gasteiger partial charge in [0.1, 0.15) is 0 Å². The maximum atomic E-state index is 11.3. The molecule has 0 saturated carbocycles. The van der Waals surface area contributed by atoms with E-state index in [1.165, 1.54) is 0 Å². The SMILES string of the molecule is N#Cc1ccc(NCc2ccccc2C(N)=O)cc1. The molecule has 0 bridgehead atoms. The topological polar surface area (TPSA) is 78.9 Å². The Bertz CT molecular complexity index is 627. The van der Waals surface area contributed by atoms with Crippen LogP contribution in [0.1, 0.15) is 21.5 Å². The number of hydrogen-bond donors (Lipinski definition) is 2. The van der Waals surface area contributed by atoms with Crippen molar-refractivity contribution < 1.29 is 4.79 Å². The standard InChI is InChI=1S/C15H13N3O/c16-9-11-5-7-13(8-6-11)18-10-12-3-1-2-4-14(12)15(17)19/h1-8,18H,10H2,(H2,17,19). The van der Waals surface area contributed by atoms with Gasteiger partial charge in [-0.15, -0.1) is 0 Å². The van der Waals surface area contributed by atoms with Crippen molar-refractivity contribution in [2.45, 2.75) is 6.54 Å². The lowest BCUT2D eigenvalue weighted by atomic mass is 10.1. The number of rotatable bonds is 4. The minimum atomic E-state index is -0.433. The average molecular weight is 251 g/mol. The fourth-order valence-corrected chi connectivity index (χ4v) is 1.77. The minimum absolute atomic E-state index is 0.433. The molecule has 0 saturated heterocycles. The molecular weight excluding hydrogens is 238 g/mol. The van der Waals surface area contributed by atoms with Crippen molar-refractivity contribution in [3.8, 4) is 6.07 Å².